The minimum atomic E-state index is 0.0195. The van der Waals surface area contributed by atoms with E-state index in [2.05, 4.69) is 16.0 Å². The first-order valence-electron chi connectivity index (χ1n) is 14.3. The molecule has 1 fully saturated rings. The van der Waals surface area contributed by atoms with Crippen LogP contribution in [0, 0.1) is 0 Å². The van der Waals surface area contributed by atoms with Crippen molar-refractivity contribution in [2.45, 2.75) is 51.1 Å². The Bertz CT molecular complexity index is 1240. The van der Waals surface area contributed by atoms with Crippen LogP contribution >= 0.6 is 0 Å². The first kappa shape index (κ1) is 27.8. The Morgan fingerprint density at radius 2 is 1.73 bits per heavy atom. The summed E-state index contributed by atoms with van der Waals surface area (Å²) in [5.41, 5.74) is 1.06. The standard InChI is InChI=1S/C32H39N3O5/c1-37-27-11-8-12-28(22-27)39-24-31(36)34-19-15-26(16-20-34)35-18-6-2-3-7-21-38-29-13-4-5-14-30(29)40-32-25(23-35)10-9-17-33-32/h4-5,8-14,17,22,26H,2-3,6-7,15-16,18-21,23-24H2,1H3. The predicted molar refractivity (Wildman–Crippen MR) is 153 cm³/mol. The molecule has 1 aromatic heterocycles. The third-order valence-corrected chi connectivity index (χ3v) is 7.61. The van der Waals surface area contributed by atoms with Crippen LogP contribution in [0.5, 0.6) is 28.9 Å². The zero-order valence-electron chi connectivity index (χ0n) is 23.3. The van der Waals surface area contributed by atoms with Gasteiger partial charge in [-0.25, -0.2) is 4.98 Å². The van der Waals surface area contributed by atoms with E-state index in [4.69, 9.17) is 18.9 Å². The van der Waals surface area contributed by atoms with Crippen LogP contribution in [0.15, 0.2) is 66.9 Å². The van der Waals surface area contributed by atoms with Crippen LogP contribution in [-0.4, -0.2) is 66.7 Å². The van der Waals surface area contributed by atoms with Gasteiger partial charge in [-0.2, -0.15) is 0 Å². The lowest BCUT2D eigenvalue weighted by molar-refractivity contribution is -0.135. The highest BCUT2D eigenvalue weighted by molar-refractivity contribution is 5.77. The molecule has 3 heterocycles. The van der Waals surface area contributed by atoms with Crippen LogP contribution < -0.4 is 18.9 Å². The van der Waals surface area contributed by atoms with Gasteiger partial charge in [0.15, 0.2) is 18.1 Å². The highest BCUT2D eigenvalue weighted by Gasteiger charge is 2.28. The van der Waals surface area contributed by atoms with Gasteiger partial charge in [0.05, 0.1) is 13.7 Å². The van der Waals surface area contributed by atoms with Gasteiger partial charge in [-0.05, 0) is 62.6 Å². The maximum atomic E-state index is 12.9. The van der Waals surface area contributed by atoms with Crippen molar-refractivity contribution in [2.75, 3.05) is 40.0 Å². The molecule has 0 saturated carbocycles. The van der Waals surface area contributed by atoms with E-state index >= 15 is 0 Å². The normalized spacial score (nSPS) is 17.4. The summed E-state index contributed by atoms with van der Waals surface area (Å²) in [5.74, 6) is 3.42. The lowest BCUT2D eigenvalue weighted by Gasteiger charge is -2.39. The fourth-order valence-corrected chi connectivity index (χ4v) is 5.36. The number of fused-ring (bicyclic) bond motifs is 2. The Morgan fingerprint density at radius 3 is 2.58 bits per heavy atom. The van der Waals surface area contributed by atoms with Crippen molar-refractivity contribution >= 4 is 5.91 Å². The van der Waals surface area contributed by atoms with Crippen LogP contribution in [0.2, 0.25) is 0 Å². The van der Waals surface area contributed by atoms with Crippen molar-refractivity contribution < 1.29 is 23.7 Å². The summed E-state index contributed by atoms with van der Waals surface area (Å²) in [6, 6.07) is 19.6. The Hall–Kier alpha value is -3.78. The second-order valence-corrected chi connectivity index (χ2v) is 10.3. The quantitative estimate of drug-likeness (QED) is 0.407. The van der Waals surface area contributed by atoms with Gasteiger partial charge in [0.1, 0.15) is 11.5 Å². The van der Waals surface area contributed by atoms with Gasteiger partial charge >= 0.3 is 0 Å². The summed E-state index contributed by atoms with van der Waals surface area (Å²) >= 11 is 0. The molecular weight excluding hydrogens is 506 g/mol. The minimum Gasteiger partial charge on any atom is -0.497 e. The number of piperidine rings is 1. The number of carbonyl (C=O) groups is 1. The fourth-order valence-electron chi connectivity index (χ4n) is 5.36. The molecule has 212 valence electrons. The van der Waals surface area contributed by atoms with E-state index in [9.17, 15) is 4.79 Å². The second-order valence-electron chi connectivity index (χ2n) is 10.3. The number of likely N-dealkylation sites (tertiary alicyclic amines) is 1. The third kappa shape index (κ3) is 7.45. The van der Waals surface area contributed by atoms with E-state index in [1.807, 2.05) is 53.4 Å². The zero-order chi connectivity index (χ0) is 27.6. The number of carbonyl (C=O) groups excluding carboxylic acids is 1. The summed E-state index contributed by atoms with van der Waals surface area (Å²) in [6.45, 7) is 3.91. The lowest BCUT2D eigenvalue weighted by atomic mass is 10.0. The number of rotatable bonds is 5. The zero-order valence-corrected chi connectivity index (χ0v) is 23.3. The number of nitrogens with zero attached hydrogens (tertiary/aromatic N) is 3. The molecule has 0 radical (unpaired) electrons. The molecular formula is C32H39N3O5. The Kier molecular flexibility index (Phi) is 9.74. The number of methoxy groups -OCH3 is 1. The van der Waals surface area contributed by atoms with Crippen LogP contribution in [0.3, 0.4) is 0 Å². The first-order valence-corrected chi connectivity index (χ1v) is 14.3. The summed E-state index contributed by atoms with van der Waals surface area (Å²) in [5, 5.41) is 0. The average molecular weight is 546 g/mol. The monoisotopic (exact) mass is 545 g/mol. The molecule has 8 heteroatoms. The van der Waals surface area contributed by atoms with Crippen LogP contribution in [-0.2, 0) is 11.3 Å². The number of hydrogen-bond acceptors (Lipinski definition) is 7. The smallest absolute Gasteiger partial charge is 0.260 e. The number of amides is 1. The lowest BCUT2D eigenvalue weighted by Crippen LogP contribution is -2.48. The van der Waals surface area contributed by atoms with E-state index in [0.717, 1.165) is 76.0 Å². The maximum Gasteiger partial charge on any atom is 0.260 e. The molecule has 0 atom stereocenters. The number of aromatic nitrogens is 1. The largest absolute Gasteiger partial charge is 0.497 e. The SMILES string of the molecule is COc1cccc(OCC(=O)N2CCC(N3CCCCCCOc4ccccc4Oc4ncccc4C3)CC2)c1. The molecule has 1 amide bonds. The second kappa shape index (κ2) is 14.0. The summed E-state index contributed by atoms with van der Waals surface area (Å²) < 4.78 is 23.3. The third-order valence-electron chi connectivity index (χ3n) is 7.61. The molecule has 1 saturated heterocycles. The number of hydrogen-bond donors (Lipinski definition) is 0. The Labute approximate surface area is 236 Å². The van der Waals surface area contributed by atoms with Gasteiger partial charge in [-0.15, -0.1) is 0 Å². The van der Waals surface area contributed by atoms with E-state index in [0.29, 0.717) is 35.8 Å². The number of ether oxygens (including phenoxy) is 4. The molecule has 8 nitrogen and oxygen atoms in total. The van der Waals surface area contributed by atoms with Crippen molar-refractivity contribution in [1.82, 2.24) is 14.8 Å². The Morgan fingerprint density at radius 1 is 0.925 bits per heavy atom. The number of benzene rings is 2. The highest BCUT2D eigenvalue weighted by Crippen LogP contribution is 2.33. The van der Waals surface area contributed by atoms with Crippen molar-refractivity contribution in [2.24, 2.45) is 0 Å². The summed E-state index contributed by atoms with van der Waals surface area (Å²) in [6.07, 6.45) is 8.07. The molecule has 5 rings (SSSR count). The van der Waals surface area contributed by atoms with E-state index in [1.54, 1.807) is 19.4 Å². The van der Waals surface area contributed by atoms with Crippen molar-refractivity contribution in [1.29, 1.82) is 0 Å². The predicted octanol–water partition coefficient (Wildman–Crippen LogP) is 5.71. The van der Waals surface area contributed by atoms with Gasteiger partial charge in [-0.3, -0.25) is 9.69 Å². The van der Waals surface area contributed by atoms with Crippen LogP contribution in [0.25, 0.3) is 0 Å². The van der Waals surface area contributed by atoms with Crippen molar-refractivity contribution in [3.05, 3.63) is 72.4 Å². The van der Waals surface area contributed by atoms with Gasteiger partial charge in [0.25, 0.3) is 5.91 Å². The van der Waals surface area contributed by atoms with Gasteiger partial charge in [0.2, 0.25) is 5.88 Å². The molecule has 0 spiro atoms. The van der Waals surface area contributed by atoms with Crippen LogP contribution in [0.1, 0.15) is 44.1 Å². The summed E-state index contributed by atoms with van der Waals surface area (Å²) in [7, 11) is 1.62. The van der Waals surface area contributed by atoms with Crippen LogP contribution in [0.4, 0.5) is 0 Å². The minimum absolute atomic E-state index is 0.0195. The molecule has 40 heavy (non-hydrogen) atoms. The van der Waals surface area contributed by atoms with Gasteiger partial charge < -0.3 is 23.8 Å². The molecule has 2 aliphatic rings. The van der Waals surface area contributed by atoms with Crippen molar-refractivity contribution in [3.63, 3.8) is 0 Å². The van der Waals surface area contributed by atoms with Gasteiger partial charge in [-0.1, -0.05) is 37.1 Å². The van der Waals surface area contributed by atoms with E-state index in [1.165, 1.54) is 0 Å². The highest BCUT2D eigenvalue weighted by atomic mass is 16.5. The first-order chi connectivity index (χ1) is 19.7. The van der Waals surface area contributed by atoms with E-state index < -0.39 is 0 Å². The molecule has 3 aromatic rings. The Balaban J connectivity index is 1.23. The fraction of sp³-hybridized carbons (Fsp3) is 0.438. The number of pyridine rings is 1. The molecule has 0 unspecified atom stereocenters. The maximum absolute atomic E-state index is 12.9. The van der Waals surface area contributed by atoms with E-state index in [-0.39, 0.29) is 12.5 Å². The van der Waals surface area contributed by atoms with Gasteiger partial charge in [0, 0.05) is 43.5 Å². The summed E-state index contributed by atoms with van der Waals surface area (Å²) in [4.78, 5) is 22.0. The van der Waals surface area contributed by atoms with Crippen molar-refractivity contribution in [3.8, 4) is 28.9 Å². The molecule has 0 bridgehead atoms. The average Bonchev–Trinajstić information content (AvgIpc) is 3.00. The molecule has 0 N–H and O–H groups in total. The molecule has 0 aliphatic carbocycles. The number of para-hydroxylation sites is 2. The molecule has 2 aromatic carbocycles. The topological polar surface area (TPSA) is 73.4 Å². The molecule has 2 aliphatic heterocycles.